The number of benzene rings is 1. The highest BCUT2D eigenvalue weighted by Crippen LogP contribution is 2.31. The van der Waals surface area contributed by atoms with Crippen molar-refractivity contribution in [2.45, 2.75) is 25.4 Å². The smallest absolute Gasteiger partial charge is 0.0817 e. The topological polar surface area (TPSA) is 32.7 Å². The number of aliphatic hydroxyl groups is 1. The number of hydrogen-bond donors (Lipinski definition) is 1. The van der Waals surface area contributed by atoms with Crippen LogP contribution in [0.4, 0.5) is 0 Å². The minimum atomic E-state index is -0.570. The van der Waals surface area contributed by atoms with E-state index in [4.69, 9.17) is 27.9 Å². The van der Waals surface area contributed by atoms with Gasteiger partial charge in [0.05, 0.1) is 22.8 Å². The van der Waals surface area contributed by atoms with Crippen molar-refractivity contribution < 1.29 is 9.84 Å². The van der Waals surface area contributed by atoms with Gasteiger partial charge in [-0.25, -0.2) is 0 Å². The summed E-state index contributed by atoms with van der Waals surface area (Å²) in [6, 6.07) is 5.39. The number of piperidine rings is 1. The van der Waals surface area contributed by atoms with Gasteiger partial charge in [-0.3, -0.25) is 0 Å². The Morgan fingerprint density at radius 1 is 1.43 bits per heavy atom. The van der Waals surface area contributed by atoms with Crippen molar-refractivity contribution in [2.75, 3.05) is 33.4 Å². The molecule has 2 rings (SSSR count). The summed E-state index contributed by atoms with van der Waals surface area (Å²) in [6.45, 7) is 3.82. The zero-order valence-electron chi connectivity index (χ0n) is 12.4. The van der Waals surface area contributed by atoms with Crippen LogP contribution in [0.5, 0.6) is 0 Å². The Labute approximate surface area is 136 Å². The Bertz CT molecular complexity index is 454. The molecule has 0 radical (unpaired) electrons. The molecule has 1 aliphatic heterocycles. The predicted molar refractivity (Wildman–Crippen MR) is 87.1 cm³/mol. The van der Waals surface area contributed by atoms with Crippen LogP contribution in [0.25, 0.3) is 0 Å². The third-order valence-corrected chi connectivity index (χ3v) is 4.90. The third kappa shape index (κ3) is 4.83. The lowest BCUT2D eigenvalue weighted by molar-refractivity contribution is 0.0779. The fourth-order valence-electron chi connectivity index (χ4n) is 2.96. The molecule has 2 unspecified atom stereocenters. The van der Waals surface area contributed by atoms with Crippen LogP contribution >= 0.6 is 23.2 Å². The molecule has 0 amide bonds. The van der Waals surface area contributed by atoms with E-state index in [2.05, 4.69) is 4.90 Å². The van der Waals surface area contributed by atoms with Crippen LogP contribution in [-0.2, 0) is 4.74 Å². The van der Waals surface area contributed by atoms with Crippen LogP contribution in [0.15, 0.2) is 18.2 Å². The monoisotopic (exact) mass is 331 g/mol. The highest BCUT2D eigenvalue weighted by molar-refractivity contribution is 6.42. The van der Waals surface area contributed by atoms with Gasteiger partial charge in [-0.1, -0.05) is 35.3 Å². The van der Waals surface area contributed by atoms with Gasteiger partial charge >= 0.3 is 0 Å². The van der Waals surface area contributed by atoms with Crippen LogP contribution in [0.3, 0.4) is 0 Å². The van der Waals surface area contributed by atoms with Crippen molar-refractivity contribution in [1.82, 2.24) is 4.90 Å². The minimum absolute atomic E-state index is 0.461. The van der Waals surface area contributed by atoms with Crippen molar-refractivity contribution in [3.8, 4) is 0 Å². The van der Waals surface area contributed by atoms with Gasteiger partial charge in [0.1, 0.15) is 0 Å². The van der Waals surface area contributed by atoms with E-state index in [0.717, 1.165) is 31.8 Å². The molecule has 1 heterocycles. The number of hydrogen-bond acceptors (Lipinski definition) is 3. The third-order valence-electron chi connectivity index (χ3n) is 4.06. The number of rotatable bonds is 6. The lowest BCUT2D eigenvalue weighted by Gasteiger charge is -2.32. The molecule has 2 atom stereocenters. The van der Waals surface area contributed by atoms with Crippen LogP contribution < -0.4 is 0 Å². The van der Waals surface area contributed by atoms with Crippen molar-refractivity contribution in [2.24, 2.45) is 5.92 Å². The standard InChI is InChI=1S/C16H23Cl2NO2/c1-21-11-12-4-3-8-19(10-12)9-7-15(20)13-5-2-6-14(17)16(13)18/h2,5-6,12,15,20H,3-4,7-11H2,1H3. The van der Waals surface area contributed by atoms with Gasteiger partial charge in [-0.2, -0.15) is 0 Å². The first-order chi connectivity index (χ1) is 10.1. The summed E-state index contributed by atoms with van der Waals surface area (Å²) in [6.07, 6.45) is 2.52. The van der Waals surface area contributed by atoms with Crippen LogP contribution in [0.1, 0.15) is 30.9 Å². The molecule has 3 nitrogen and oxygen atoms in total. The summed E-state index contributed by atoms with van der Waals surface area (Å²) in [7, 11) is 1.75. The second-order valence-corrected chi connectivity index (χ2v) is 6.50. The first-order valence-corrected chi connectivity index (χ1v) is 8.20. The quantitative estimate of drug-likeness (QED) is 0.861. The number of nitrogens with zero attached hydrogens (tertiary/aromatic N) is 1. The highest BCUT2D eigenvalue weighted by atomic mass is 35.5. The second-order valence-electron chi connectivity index (χ2n) is 5.71. The van der Waals surface area contributed by atoms with Gasteiger partial charge in [0.25, 0.3) is 0 Å². The summed E-state index contributed by atoms with van der Waals surface area (Å²) in [5, 5.41) is 11.3. The van der Waals surface area contributed by atoms with Crippen LogP contribution in [-0.4, -0.2) is 43.4 Å². The molecule has 0 bridgehead atoms. The molecule has 0 saturated carbocycles. The van der Waals surface area contributed by atoms with E-state index in [1.165, 1.54) is 12.8 Å². The van der Waals surface area contributed by atoms with E-state index >= 15 is 0 Å². The van der Waals surface area contributed by atoms with Crippen molar-refractivity contribution in [3.63, 3.8) is 0 Å². The van der Waals surface area contributed by atoms with Gasteiger partial charge in [-0.05, 0) is 37.8 Å². The number of likely N-dealkylation sites (tertiary alicyclic amines) is 1. The Kier molecular flexibility index (Phi) is 6.77. The van der Waals surface area contributed by atoms with Gasteiger partial charge < -0.3 is 14.7 Å². The molecule has 1 aromatic carbocycles. The molecule has 0 spiro atoms. The van der Waals surface area contributed by atoms with E-state index in [9.17, 15) is 5.11 Å². The largest absolute Gasteiger partial charge is 0.388 e. The molecule has 21 heavy (non-hydrogen) atoms. The average Bonchev–Trinajstić information content (AvgIpc) is 2.48. The van der Waals surface area contributed by atoms with Crippen LogP contribution in [0.2, 0.25) is 10.0 Å². The number of ether oxygens (including phenoxy) is 1. The van der Waals surface area contributed by atoms with Gasteiger partial charge in [0.15, 0.2) is 0 Å². The average molecular weight is 332 g/mol. The summed E-state index contributed by atoms with van der Waals surface area (Å²) in [4.78, 5) is 2.40. The fraction of sp³-hybridized carbons (Fsp3) is 0.625. The molecular weight excluding hydrogens is 309 g/mol. The summed E-state index contributed by atoms with van der Waals surface area (Å²) < 4.78 is 5.25. The Hall–Kier alpha value is -0.320. The fourth-order valence-corrected chi connectivity index (χ4v) is 3.40. The number of aliphatic hydroxyl groups excluding tert-OH is 1. The Morgan fingerprint density at radius 3 is 3.00 bits per heavy atom. The molecule has 1 aromatic rings. The molecule has 1 aliphatic rings. The van der Waals surface area contributed by atoms with E-state index < -0.39 is 6.10 Å². The molecule has 1 saturated heterocycles. The Balaban J connectivity index is 1.86. The zero-order valence-corrected chi connectivity index (χ0v) is 13.9. The van der Waals surface area contributed by atoms with Gasteiger partial charge in [-0.15, -0.1) is 0 Å². The molecule has 0 aromatic heterocycles. The summed E-state index contributed by atoms with van der Waals surface area (Å²) in [5.74, 6) is 0.607. The van der Waals surface area contributed by atoms with Gasteiger partial charge in [0, 0.05) is 25.8 Å². The zero-order chi connectivity index (χ0) is 15.2. The first kappa shape index (κ1) is 17.0. The number of methoxy groups -OCH3 is 1. The van der Waals surface area contributed by atoms with Gasteiger partial charge in [0.2, 0.25) is 0 Å². The predicted octanol–water partition coefficient (Wildman–Crippen LogP) is 3.78. The first-order valence-electron chi connectivity index (χ1n) is 7.45. The van der Waals surface area contributed by atoms with Crippen molar-refractivity contribution in [3.05, 3.63) is 33.8 Å². The molecule has 1 fully saturated rings. The lowest BCUT2D eigenvalue weighted by atomic mass is 9.98. The molecule has 0 aliphatic carbocycles. The van der Waals surface area contributed by atoms with E-state index in [-0.39, 0.29) is 0 Å². The maximum Gasteiger partial charge on any atom is 0.0817 e. The minimum Gasteiger partial charge on any atom is -0.388 e. The van der Waals surface area contributed by atoms with Crippen molar-refractivity contribution in [1.29, 1.82) is 0 Å². The highest BCUT2D eigenvalue weighted by Gasteiger charge is 2.21. The second kappa shape index (κ2) is 8.35. The van der Waals surface area contributed by atoms with Crippen molar-refractivity contribution >= 4 is 23.2 Å². The maximum absolute atomic E-state index is 10.3. The van der Waals surface area contributed by atoms with E-state index in [1.807, 2.05) is 12.1 Å². The Morgan fingerprint density at radius 2 is 2.24 bits per heavy atom. The van der Waals surface area contributed by atoms with E-state index in [0.29, 0.717) is 22.4 Å². The molecular formula is C16H23Cl2NO2. The van der Waals surface area contributed by atoms with E-state index in [1.54, 1.807) is 13.2 Å². The summed E-state index contributed by atoms with van der Waals surface area (Å²) in [5.41, 5.74) is 0.717. The van der Waals surface area contributed by atoms with Crippen LogP contribution in [0, 0.1) is 5.92 Å². The lowest BCUT2D eigenvalue weighted by Crippen LogP contribution is -2.38. The molecule has 5 heteroatoms. The number of halogens is 2. The SMILES string of the molecule is COCC1CCCN(CCC(O)c2cccc(Cl)c2Cl)C1. The normalized spacial score (nSPS) is 21.4. The molecule has 118 valence electrons. The summed E-state index contributed by atoms with van der Waals surface area (Å²) >= 11 is 12.1. The molecule has 1 N–H and O–H groups in total. The maximum atomic E-state index is 10.3.